The number of nitrogens with zero attached hydrogens (tertiary/aromatic N) is 2. The Morgan fingerprint density at radius 3 is 2.76 bits per heavy atom. The van der Waals surface area contributed by atoms with Crippen LogP contribution in [0.5, 0.6) is 0 Å². The molecule has 0 N–H and O–H groups in total. The lowest BCUT2D eigenvalue weighted by molar-refractivity contribution is 0.194. The van der Waals surface area contributed by atoms with Crippen LogP contribution in [-0.4, -0.2) is 18.1 Å². The molecule has 2 heterocycles. The van der Waals surface area contributed by atoms with Crippen molar-refractivity contribution in [3.8, 4) is 0 Å². The third-order valence-corrected chi connectivity index (χ3v) is 3.63. The van der Waals surface area contributed by atoms with Crippen molar-refractivity contribution in [2.75, 3.05) is 18.0 Å². The number of hydrogen-bond donors (Lipinski definition) is 0. The Balaban J connectivity index is 2.00. The van der Waals surface area contributed by atoms with Crippen LogP contribution in [-0.2, 0) is 0 Å². The first-order valence-corrected chi connectivity index (χ1v) is 6.48. The van der Waals surface area contributed by atoms with Gasteiger partial charge in [0.2, 0.25) is 0 Å². The Morgan fingerprint density at radius 2 is 2.24 bits per heavy atom. The summed E-state index contributed by atoms with van der Waals surface area (Å²) in [7, 11) is 0. The van der Waals surface area contributed by atoms with Gasteiger partial charge in [0, 0.05) is 24.7 Å². The van der Waals surface area contributed by atoms with Crippen LogP contribution < -0.4 is 4.90 Å². The smallest absolute Gasteiger partial charge is 0.128 e. The minimum atomic E-state index is 0.461. The van der Waals surface area contributed by atoms with Crippen LogP contribution in [0.2, 0.25) is 0 Å². The van der Waals surface area contributed by atoms with Gasteiger partial charge in [0.1, 0.15) is 5.82 Å². The van der Waals surface area contributed by atoms with Crippen LogP contribution in [0.4, 0.5) is 5.82 Å². The second-order valence-corrected chi connectivity index (χ2v) is 5.29. The number of aromatic nitrogens is 1. The lowest BCUT2D eigenvalue weighted by Crippen LogP contribution is -2.56. The predicted molar refractivity (Wildman–Crippen MR) is 73.3 cm³/mol. The first kappa shape index (κ1) is 12.2. The van der Waals surface area contributed by atoms with Gasteiger partial charge in [-0.2, -0.15) is 0 Å². The lowest BCUT2D eigenvalue weighted by Gasteiger charge is -2.51. The molecule has 17 heavy (non-hydrogen) atoms. The highest BCUT2D eigenvalue weighted by Gasteiger charge is 2.41. The van der Waals surface area contributed by atoms with Crippen molar-refractivity contribution < 1.29 is 0 Å². The van der Waals surface area contributed by atoms with E-state index < -0.39 is 0 Å². The van der Waals surface area contributed by atoms with E-state index in [9.17, 15) is 0 Å². The highest BCUT2D eigenvalue weighted by atomic mass is 15.3. The van der Waals surface area contributed by atoms with Gasteiger partial charge < -0.3 is 4.90 Å². The maximum absolute atomic E-state index is 4.49. The molecule has 1 aliphatic rings. The molecule has 0 bridgehead atoms. The summed E-state index contributed by atoms with van der Waals surface area (Å²) in [6.07, 6.45) is 7.69. The monoisotopic (exact) mass is 230 g/mol. The maximum Gasteiger partial charge on any atom is 0.128 e. The van der Waals surface area contributed by atoms with Crippen molar-refractivity contribution in [1.82, 2.24) is 4.98 Å². The molecule has 1 saturated heterocycles. The second kappa shape index (κ2) is 4.91. The third kappa shape index (κ3) is 2.51. The van der Waals surface area contributed by atoms with Gasteiger partial charge in [-0.1, -0.05) is 25.5 Å². The number of anilines is 1. The second-order valence-electron chi connectivity index (χ2n) is 5.29. The SMILES string of the molecule is C=CCC1(CCC)CN(c2ccc(C)cn2)C1. The molecule has 0 atom stereocenters. The molecular formula is C15H22N2. The van der Waals surface area contributed by atoms with Crippen molar-refractivity contribution in [2.24, 2.45) is 5.41 Å². The standard InChI is InChI=1S/C15H22N2/c1-4-8-15(9-5-2)11-17(12-15)14-7-6-13(3)10-16-14/h4,6-7,10H,1,5,8-9,11-12H2,2-3H3. The van der Waals surface area contributed by atoms with Gasteiger partial charge in [-0.25, -0.2) is 4.98 Å². The fraction of sp³-hybridized carbons (Fsp3) is 0.533. The summed E-state index contributed by atoms with van der Waals surface area (Å²) in [4.78, 5) is 6.86. The van der Waals surface area contributed by atoms with Crippen molar-refractivity contribution in [3.63, 3.8) is 0 Å². The molecule has 0 radical (unpaired) electrons. The minimum Gasteiger partial charge on any atom is -0.355 e. The molecule has 2 heteroatoms. The Hall–Kier alpha value is -1.31. The number of hydrogen-bond acceptors (Lipinski definition) is 2. The van der Waals surface area contributed by atoms with Crippen molar-refractivity contribution >= 4 is 5.82 Å². The van der Waals surface area contributed by atoms with Crippen molar-refractivity contribution in [2.45, 2.75) is 33.1 Å². The molecular weight excluding hydrogens is 208 g/mol. The number of pyridine rings is 1. The van der Waals surface area contributed by atoms with Gasteiger partial charge in [-0.15, -0.1) is 6.58 Å². The quantitative estimate of drug-likeness (QED) is 0.719. The van der Waals surface area contributed by atoms with Gasteiger partial charge >= 0.3 is 0 Å². The summed E-state index contributed by atoms with van der Waals surface area (Å²) in [5.74, 6) is 1.12. The number of allylic oxidation sites excluding steroid dienone is 1. The minimum absolute atomic E-state index is 0.461. The van der Waals surface area contributed by atoms with Gasteiger partial charge in [-0.05, 0) is 31.4 Å². The maximum atomic E-state index is 4.49. The Morgan fingerprint density at radius 1 is 1.47 bits per heavy atom. The molecule has 92 valence electrons. The fourth-order valence-corrected chi connectivity index (χ4v) is 2.80. The van der Waals surface area contributed by atoms with E-state index in [4.69, 9.17) is 0 Å². The molecule has 0 unspecified atom stereocenters. The molecule has 1 fully saturated rings. The fourth-order valence-electron chi connectivity index (χ4n) is 2.80. The number of rotatable bonds is 5. The Kier molecular flexibility index (Phi) is 3.51. The van der Waals surface area contributed by atoms with E-state index in [0.29, 0.717) is 5.41 Å². The van der Waals surface area contributed by atoms with E-state index in [2.05, 4.69) is 48.5 Å². The van der Waals surface area contributed by atoms with E-state index in [1.165, 1.54) is 18.4 Å². The summed E-state index contributed by atoms with van der Waals surface area (Å²) < 4.78 is 0. The van der Waals surface area contributed by atoms with Crippen molar-refractivity contribution in [3.05, 3.63) is 36.5 Å². The molecule has 0 saturated carbocycles. The van der Waals surface area contributed by atoms with Gasteiger partial charge in [0.25, 0.3) is 0 Å². The Bertz CT molecular complexity index is 374. The molecule has 0 amide bonds. The van der Waals surface area contributed by atoms with Crippen LogP contribution in [0.15, 0.2) is 31.0 Å². The molecule has 0 spiro atoms. The molecule has 0 aliphatic carbocycles. The molecule has 1 aromatic heterocycles. The zero-order chi connectivity index (χ0) is 12.3. The topological polar surface area (TPSA) is 16.1 Å². The highest BCUT2D eigenvalue weighted by Crippen LogP contribution is 2.40. The largest absolute Gasteiger partial charge is 0.355 e. The summed E-state index contributed by atoms with van der Waals surface area (Å²) in [5, 5.41) is 0. The van der Waals surface area contributed by atoms with E-state index in [1.807, 2.05) is 6.20 Å². The van der Waals surface area contributed by atoms with Gasteiger partial charge in [-0.3, -0.25) is 0 Å². The first-order chi connectivity index (χ1) is 8.19. The zero-order valence-electron chi connectivity index (χ0n) is 10.9. The van der Waals surface area contributed by atoms with Crippen LogP contribution >= 0.6 is 0 Å². The van der Waals surface area contributed by atoms with Crippen LogP contribution in [0, 0.1) is 12.3 Å². The van der Waals surface area contributed by atoms with Crippen LogP contribution in [0.1, 0.15) is 31.7 Å². The molecule has 0 aromatic carbocycles. The number of aryl methyl sites for hydroxylation is 1. The van der Waals surface area contributed by atoms with Gasteiger partial charge in [0.15, 0.2) is 0 Å². The zero-order valence-corrected chi connectivity index (χ0v) is 10.9. The normalized spacial score (nSPS) is 17.6. The van der Waals surface area contributed by atoms with Crippen LogP contribution in [0.25, 0.3) is 0 Å². The predicted octanol–water partition coefficient (Wildman–Crippen LogP) is 3.57. The highest BCUT2D eigenvalue weighted by molar-refractivity contribution is 5.43. The average Bonchev–Trinajstić information content (AvgIpc) is 2.27. The van der Waals surface area contributed by atoms with E-state index >= 15 is 0 Å². The van der Waals surface area contributed by atoms with E-state index in [1.54, 1.807) is 0 Å². The Labute approximate surface area is 104 Å². The summed E-state index contributed by atoms with van der Waals surface area (Å²) in [6, 6.07) is 4.26. The summed E-state index contributed by atoms with van der Waals surface area (Å²) >= 11 is 0. The molecule has 2 rings (SSSR count). The molecule has 1 aromatic rings. The summed E-state index contributed by atoms with van der Waals surface area (Å²) in [5.41, 5.74) is 1.68. The van der Waals surface area contributed by atoms with Gasteiger partial charge in [0.05, 0.1) is 0 Å². The van der Waals surface area contributed by atoms with E-state index in [0.717, 1.165) is 25.3 Å². The van der Waals surface area contributed by atoms with Crippen molar-refractivity contribution in [1.29, 1.82) is 0 Å². The molecule has 1 aliphatic heterocycles. The van der Waals surface area contributed by atoms with Crippen LogP contribution in [0.3, 0.4) is 0 Å². The lowest BCUT2D eigenvalue weighted by atomic mass is 9.73. The molecule has 2 nitrogen and oxygen atoms in total. The third-order valence-electron chi connectivity index (χ3n) is 3.63. The average molecular weight is 230 g/mol. The summed E-state index contributed by atoms with van der Waals surface area (Å²) in [6.45, 7) is 10.5. The first-order valence-electron chi connectivity index (χ1n) is 6.48. The van der Waals surface area contributed by atoms with E-state index in [-0.39, 0.29) is 0 Å².